The summed E-state index contributed by atoms with van der Waals surface area (Å²) in [5.41, 5.74) is 1.09. The van der Waals surface area contributed by atoms with Crippen LogP contribution in [0.15, 0.2) is 36.7 Å². The van der Waals surface area contributed by atoms with Gasteiger partial charge in [0, 0.05) is 13.0 Å². The Morgan fingerprint density at radius 1 is 1.33 bits per heavy atom. The first-order valence-corrected chi connectivity index (χ1v) is 7.37. The van der Waals surface area contributed by atoms with E-state index in [1.54, 1.807) is 0 Å². The zero-order valence-corrected chi connectivity index (χ0v) is 11.9. The third kappa shape index (κ3) is 3.45. The van der Waals surface area contributed by atoms with Crippen molar-refractivity contribution in [1.82, 2.24) is 25.5 Å². The van der Waals surface area contributed by atoms with Crippen molar-refractivity contribution in [3.63, 3.8) is 0 Å². The van der Waals surface area contributed by atoms with Gasteiger partial charge in [-0.25, -0.2) is 4.68 Å². The molecule has 1 heterocycles. The number of nitrogens with zero attached hydrogens (tertiary/aromatic N) is 4. The normalized spacial score (nSPS) is 16.2. The minimum atomic E-state index is -0.400. The lowest BCUT2D eigenvalue weighted by Crippen LogP contribution is -2.38. The predicted molar refractivity (Wildman–Crippen MR) is 77.4 cm³/mol. The van der Waals surface area contributed by atoms with Crippen LogP contribution in [-0.2, 0) is 11.2 Å². The molecule has 0 aliphatic heterocycles. The molecule has 1 aliphatic rings. The van der Waals surface area contributed by atoms with Crippen molar-refractivity contribution >= 4 is 5.91 Å². The lowest BCUT2D eigenvalue weighted by Gasteiger charge is -2.26. The lowest BCUT2D eigenvalue weighted by atomic mass is 9.85. The van der Waals surface area contributed by atoms with E-state index in [4.69, 9.17) is 0 Å². The molecule has 1 aromatic heterocycles. The second kappa shape index (κ2) is 6.47. The Morgan fingerprint density at radius 2 is 2.14 bits per heavy atom. The largest absolute Gasteiger partial charge is 0.354 e. The summed E-state index contributed by atoms with van der Waals surface area (Å²) in [6.07, 6.45) is 5.79. The Balaban J connectivity index is 1.68. The fourth-order valence-electron chi connectivity index (χ4n) is 2.51. The van der Waals surface area contributed by atoms with E-state index in [0.29, 0.717) is 12.3 Å². The van der Waals surface area contributed by atoms with E-state index in [9.17, 15) is 4.79 Å². The first-order chi connectivity index (χ1) is 10.3. The van der Waals surface area contributed by atoms with Crippen LogP contribution < -0.4 is 5.32 Å². The van der Waals surface area contributed by atoms with E-state index >= 15 is 0 Å². The summed E-state index contributed by atoms with van der Waals surface area (Å²) in [5.74, 6) is 0.623. The Labute approximate surface area is 123 Å². The summed E-state index contributed by atoms with van der Waals surface area (Å²) in [6.45, 7) is 0.756. The molecule has 0 radical (unpaired) electrons. The third-order valence-electron chi connectivity index (χ3n) is 4.05. The molecule has 0 bridgehead atoms. The quantitative estimate of drug-likeness (QED) is 0.870. The third-order valence-corrected chi connectivity index (χ3v) is 4.05. The first-order valence-electron chi connectivity index (χ1n) is 7.37. The van der Waals surface area contributed by atoms with Gasteiger partial charge in [-0.15, -0.1) is 5.10 Å². The number of benzene rings is 1. The van der Waals surface area contributed by atoms with E-state index in [2.05, 4.69) is 20.8 Å². The minimum Gasteiger partial charge on any atom is -0.354 e. The Hall–Kier alpha value is -2.24. The van der Waals surface area contributed by atoms with E-state index in [-0.39, 0.29) is 5.91 Å². The van der Waals surface area contributed by atoms with Crippen molar-refractivity contribution in [1.29, 1.82) is 0 Å². The van der Waals surface area contributed by atoms with Gasteiger partial charge in [0.05, 0.1) is 0 Å². The number of aromatic nitrogens is 4. The molecule has 1 amide bonds. The Morgan fingerprint density at radius 3 is 2.76 bits per heavy atom. The van der Waals surface area contributed by atoms with Gasteiger partial charge < -0.3 is 5.32 Å². The molecule has 1 aliphatic carbocycles. The summed E-state index contributed by atoms with van der Waals surface area (Å²) in [5, 5.41) is 14.2. The number of rotatable bonds is 6. The lowest BCUT2D eigenvalue weighted by molar-refractivity contribution is -0.125. The van der Waals surface area contributed by atoms with E-state index < -0.39 is 6.04 Å². The van der Waals surface area contributed by atoms with Crippen molar-refractivity contribution in [2.45, 2.75) is 31.7 Å². The first kappa shape index (κ1) is 13.7. The Bertz CT molecular complexity index is 565. The van der Waals surface area contributed by atoms with E-state index in [1.165, 1.54) is 30.3 Å². The molecule has 0 spiro atoms. The molecule has 21 heavy (non-hydrogen) atoms. The number of hydrogen-bond acceptors (Lipinski definition) is 4. The van der Waals surface area contributed by atoms with Crippen LogP contribution in [0.4, 0.5) is 0 Å². The van der Waals surface area contributed by atoms with Gasteiger partial charge in [-0.3, -0.25) is 4.79 Å². The highest BCUT2D eigenvalue weighted by atomic mass is 16.2. The summed E-state index contributed by atoms with van der Waals surface area (Å²) < 4.78 is 1.53. The molecule has 1 saturated carbocycles. The fraction of sp³-hybridized carbons (Fsp3) is 0.467. The van der Waals surface area contributed by atoms with Gasteiger partial charge in [0.1, 0.15) is 12.4 Å². The minimum absolute atomic E-state index is 0.0157. The molecular formula is C15H19N5O. The number of carbonyl (C=O) groups is 1. The molecule has 1 fully saturated rings. The van der Waals surface area contributed by atoms with Crippen molar-refractivity contribution in [3.05, 3.63) is 42.2 Å². The van der Waals surface area contributed by atoms with Gasteiger partial charge in [0.15, 0.2) is 0 Å². The van der Waals surface area contributed by atoms with E-state index in [1.807, 2.05) is 30.3 Å². The second-order valence-electron chi connectivity index (χ2n) is 5.54. The number of tetrazole rings is 1. The molecule has 110 valence electrons. The van der Waals surface area contributed by atoms with Gasteiger partial charge >= 0.3 is 0 Å². The SMILES string of the molecule is O=C(NCC1CCC1)C(Cc1ccccc1)n1cnnn1. The average molecular weight is 285 g/mol. The van der Waals surface area contributed by atoms with Crippen molar-refractivity contribution < 1.29 is 4.79 Å². The molecule has 0 saturated heterocycles. The molecule has 1 unspecified atom stereocenters. The van der Waals surface area contributed by atoms with Crippen LogP contribution in [0.3, 0.4) is 0 Å². The van der Waals surface area contributed by atoms with Gasteiger partial charge in [-0.2, -0.15) is 0 Å². The van der Waals surface area contributed by atoms with Crippen molar-refractivity contribution in [2.75, 3.05) is 6.54 Å². The van der Waals surface area contributed by atoms with Crippen molar-refractivity contribution in [3.8, 4) is 0 Å². The molecular weight excluding hydrogens is 266 g/mol. The highest BCUT2D eigenvalue weighted by molar-refractivity contribution is 5.80. The number of nitrogens with one attached hydrogen (secondary N) is 1. The van der Waals surface area contributed by atoms with Crippen molar-refractivity contribution in [2.24, 2.45) is 5.92 Å². The van der Waals surface area contributed by atoms with Gasteiger partial charge in [-0.1, -0.05) is 36.8 Å². The summed E-state index contributed by atoms with van der Waals surface area (Å²) in [6, 6.07) is 9.53. The monoisotopic (exact) mass is 285 g/mol. The van der Waals surface area contributed by atoms with Gasteiger partial charge in [-0.05, 0) is 34.7 Å². The fourth-order valence-corrected chi connectivity index (χ4v) is 2.51. The average Bonchev–Trinajstić information content (AvgIpc) is 2.98. The molecule has 6 heteroatoms. The van der Waals surface area contributed by atoms with Crippen LogP contribution in [0.5, 0.6) is 0 Å². The van der Waals surface area contributed by atoms with Crippen LogP contribution in [0.2, 0.25) is 0 Å². The number of hydrogen-bond donors (Lipinski definition) is 1. The molecule has 2 aromatic rings. The van der Waals surface area contributed by atoms with E-state index in [0.717, 1.165) is 12.1 Å². The van der Waals surface area contributed by atoms with Crippen LogP contribution >= 0.6 is 0 Å². The number of amides is 1. The molecule has 1 atom stereocenters. The number of carbonyl (C=O) groups excluding carboxylic acids is 1. The molecule has 1 N–H and O–H groups in total. The highest BCUT2D eigenvalue weighted by Gasteiger charge is 2.24. The maximum atomic E-state index is 12.5. The highest BCUT2D eigenvalue weighted by Crippen LogP contribution is 2.25. The smallest absolute Gasteiger partial charge is 0.245 e. The van der Waals surface area contributed by atoms with Gasteiger partial charge in [0.2, 0.25) is 5.91 Å². The standard InChI is InChI=1S/C15H19N5O/c21-15(16-10-13-7-4-8-13)14(20-11-17-18-19-20)9-12-5-2-1-3-6-12/h1-3,5-6,11,13-14H,4,7-10H2,(H,16,21). The summed E-state index contributed by atoms with van der Waals surface area (Å²) in [4.78, 5) is 12.5. The molecule has 1 aromatic carbocycles. The maximum Gasteiger partial charge on any atom is 0.245 e. The molecule has 3 rings (SSSR count). The van der Waals surface area contributed by atoms with Crippen LogP contribution in [0, 0.1) is 5.92 Å². The Kier molecular flexibility index (Phi) is 4.23. The predicted octanol–water partition coefficient (Wildman–Crippen LogP) is 1.37. The maximum absolute atomic E-state index is 12.5. The summed E-state index contributed by atoms with van der Waals surface area (Å²) in [7, 11) is 0. The zero-order chi connectivity index (χ0) is 14.5. The second-order valence-corrected chi connectivity index (χ2v) is 5.54. The van der Waals surface area contributed by atoms with Crippen LogP contribution in [0.25, 0.3) is 0 Å². The zero-order valence-electron chi connectivity index (χ0n) is 11.9. The summed E-state index contributed by atoms with van der Waals surface area (Å²) >= 11 is 0. The van der Waals surface area contributed by atoms with Gasteiger partial charge in [0.25, 0.3) is 0 Å². The molecule has 6 nitrogen and oxygen atoms in total. The van der Waals surface area contributed by atoms with Crippen LogP contribution in [-0.4, -0.2) is 32.7 Å². The van der Waals surface area contributed by atoms with Crippen LogP contribution in [0.1, 0.15) is 30.9 Å². The topological polar surface area (TPSA) is 72.7 Å².